The normalized spacial score (nSPS) is 11.0. The van der Waals surface area contributed by atoms with Crippen LogP contribution in [0.3, 0.4) is 0 Å². The number of aliphatic hydroxyl groups is 1. The van der Waals surface area contributed by atoms with Gasteiger partial charge in [0.2, 0.25) is 0 Å². The third kappa shape index (κ3) is 3.59. The van der Waals surface area contributed by atoms with Crippen molar-refractivity contribution in [3.63, 3.8) is 0 Å². The van der Waals surface area contributed by atoms with Gasteiger partial charge in [0.05, 0.1) is 0 Å². The smallest absolute Gasteiger partial charge is 0.270 e. The summed E-state index contributed by atoms with van der Waals surface area (Å²) in [4.78, 5) is 14.3. The molecule has 1 aromatic heterocycles. The van der Waals surface area contributed by atoms with Crippen LogP contribution in [0.15, 0.2) is 16.7 Å². The van der Waals surface area contributed by atoms with Gasteiger partial charge in [0.25, 0.3) is 5.91 Å². The fourth-order valence-electron chi connectivity index (χ4n) is 1.90. The van der Waals surface area contributed by atoms with Crippen molar-refractivity contribution in [1.82, 2.24) is 9.47 Å². The number of hydrogen-bond acceptors (Lipinski definition) is 2. The van der Waals surface area contributed by atoms with Crippen molar-refractivity contribution >= 4 is 21.8 Å². The molecule has 0 aliphatic heterocycles. The third-order valence-corrected chi connectivity index (χ3v) is 3.30. The SMILES string of the molecule is CCn1cc(Br)cc1C(=O)N(CCCO)C(C)C. The molecular formula is C13H21BrN2O2. The van der Waals surface area contributed by atoms with E-state index in [4.69, 9.17) is 5.11 Å². The van der Waals surface area contributed by atoms with Crippen molar-refractivity contribution in [2.24, 2.45) is 0 Å². The van der Waals surface area contributed by atoms with Crippen LogP contribution in [0.2, 0.25) is 0 Å². The second-order valence-corrected chi connectivity index (χ2v) is 5.41. The first-order chi connectivity index (χ1) is 8.51. The Kier molecular flexibility index (Phi) is 5.88. The fraction of sp³-hybridized carbons (Fsp3) is 0.615. The zero-order chi connectivity index (χ0) is 13.7. The number of hydrogen-bond donors (Lipinski definition) is 1. The van der Waals surface area contributed by atoms with E-state index >= 15 is 0 Å². The van der Waals surface area contributed by atoms with Crippen molar-refractivity contribution < 1.29 is 9.90 Å². The van der Waals surface area contributed by atoms with Crippen molar-refractivity contribution in [1.29, 1.82) is 0 Å². The molecule has 1 heterocycles. The molecular weight excluding hydrogens is 296 g/mol. The molecule has 0 atom stereocenters. The van der Waals surface area contributed by atoms with Gasteiger partial charge in [0, 0.05) is 36.4 Å². The van der Waals surface area contributed by atoms with E-state index in [1.54, 1.807) is 4.90 Å². The predicted molar refractivity (Wildman–Crippen MR) is 75.7 cm³/mol. The Morgan fingerprint density at radius 3 is 2.72 bits per heavy atom. The second-order valence-electron chi connectivity index (χ2n) is 4.50. The highest BCUT2D eigenvalue weighted by Gasteiger charge is 2.21. The quantitative estimate of drug-likeness (QED) is 0.876. The van der Waals surface area contributed by atoms with Crippen LogP contribution in [-0.4, -0.2) is 39.7 Å². The lowest BCUT2D eigenvalue weighted by Gasteiger charge is -2.27. The molecule has 102 valence electrons. The first kappa shape index (κ1) is 15.2. The number of amides is 1. The molecule has 1 rings (SSSR count). The van der Waals surface area contributed by atoms with Gasteiger partial charge in [-0.3, -0.25) is 4.79 Å². The number of nitrogens with zero attached hydrogens (tertiary/aromatic N) is 2. The Morgan fingerprint density at radius 2 is 2.22 bits per heavy atom. The number of rotatable bonds is 6. The molecule has 0 saturated carbocycles. The number of aromatic nitrogens is 1. The summed E-state index contributed by atoms with van der Waals surface area (Å²) in [6.07, 6.45) is 2.52. The van der Waals surface area contributed by atoms with Gasteiger partial charge in [-0.1, -0.05) is 0 Å². The van der Waals surface area contributed by atoms with Gasteiger partial charge in [-0.05, 0) is 49.2 Å². The van der Waals surface area contributed by atoms with Gasteiger partial charge in [-0.25, -0.2) is 0 Å². The summed E-state index contributed by atoms with van der Waals surface area (Å²) in [6, 6.07) is 1.98. The average molecular weight is 317 g/mol. The van der Waals surface area contributed by atoms with Crippen LogP contribution in [0.4, 0.5) is 0 Å². The third-order valence-electron chi connectivity index (χ3n) is 2.86. The lowest BCUT2D eigenvalue weighted by molar-refractivity contribution is 0.0682. The average Bonchev–Trinajstić information content (AvgIpc) is 2.70. The number of halogens is 1. The number of aliphatic hydroxyl groups excluding tert-OH is 1. The summed E-state index contributed by atoms with van der Waals surface area (Å²) in [5, 5.41) is 8.90. The molecule has 0 spiro atoms. The molecule has 0 aliphatic carbocycles. The summed E-state index contributed by atoms with van der Waals surface area (Å²) in [5.74, 6) is 0.0194. The number of carbonyl (C=O) groups excluding carboxylic acids is 1. The van der Waals surface area contributed by atoms with Crippen molar-refractivity contribution in [3.05, 3.63) is 22.4 Å². The summed E-state index contributed by atoms with van der Waals surface area (Å²) in [5.41, 5.74) is 0.691. The molecule has 0 aliphatic rings. The molecule has 0 bridgehead atoms. The molecule has 0 fully saturated rings. The topological polar surface area (TPSA) is 45.5 Å². The van der Waals surface area contributed by atoms with E-state index in [1.807, 2.05) is 37.6 Å². The summed E-state index contributed by atoms with van der Waals surface area (Å²) in [6.45, 7) is 7.44. The molecule has 4 nitrogen and oxygen atoms in total. The fourth-order valence-corrected chi connectivity index (χ4v) is 2.36. The molecule has 1 N–H and O–H groups in total. The number of carbonyl (C=O) groups is 1. The van der Waals surface area contributed by atoms with E-state index in [1.165, 1.54) is 0 Å². The Morgan fingerprint density at radius 1 is 1.56 bits per heavy atom. The molecule has 0 radical (unpaired) electrons. The van der Waals surface area contributed by atoms with Gasteiger partial charge >= 0.3 is 0 Å². The van der Waals surface area contributed by atoms with E-state index in [9.17, 15) is 4.79 Å². The van der Waals surface area contributed by atoms with Crippen LogP contribution < -0.4 is 0 Å². The second kappa shape index (κ2) is 6.95. The molecule has 1 amide bonds. The van der Waals surface area contributed by atoms with Crippen LogP contribution in [0.1, 0.15) is 37.7 Å². The Balaban J connectivity index is 2.94. The van der Waals surface area contributed by atoms with Gasteiger partial charge in [0.1, 0.15) is 5.69 Å². The highest BCUT2D eigenvalue weighted by Crippen LogP contribution is 2.18. The van der Waals surface area contributed by atoms with Gasteiger partial charge in [0.15, 0.2) is 0 Å². The van der Waals surface area contributed by atoms with E-state index in [-0.39, 0.29) is 18.6 Å². The van der Waals surface area contributed by atoms with E-state index < -0.39 is 0 Å². The first-order valence-corrected chi connectivity index (χ1v) is 7.08. The molecule has 0 saturated heterocycles. The maximum absolute atomic E-state index is 12.5. The molecule has 1 aromatic rings. The Bertz CT molecular complexity index is 402. The van der Waals surface area contributed by atoms with E-state index in [0.717, 1.165) is 11.0 Å². The van der Waals surface area contributed by atoms with E-state index in [2.05, 4.69) is 15.9 Å². The van der Waals surface area contributed by atoms with Crippen LogP contribution in [-0.2, 0) is 6.54 Å². The monoisotopic (exact) mass is 316 g/mol. The molecule has 0 unspecified atom stereocenters. The molecule has 18 heavy (non-hydrogen) atoms. The lowest BCUT2D eigenvalue weighted by atomic mass is 10.2. The standard InChI is InChI=1S/C13H21BrN2O2/c1-4-15-9-11(14)8-12(15)13(18)16(10(2)3)6-5-7-17/h8-10,17H,4-7H2,1-3H3. The zero-order valence-corrected chi connectivity index (χ0v) is 12.8. The molecule has 0 aromatic carbocycles. The summed E-state index contributed by atoms with van der Waals surface area (Å²) in [7, 11) is 0. The first-order valence-electron chi connectivity index (χ1n) is 6.28. The van der Waals surface area contributed by atoms with Crippen molar-refractivity contribution in [2.75, 3.05) is 13.2 Å². The van der Waals surface area contributed by atoms with Crippen LogP contribution in [0.25, 0.3) is 0 Å². The highest BCUT2D eigenvalue weighted by atomic mass is 79.9. The predicted octanol–water partition coefficient (Wildman–Crippen LogP) is 2.50. The van der Waals surface area contributed by atoms with Crippen molar-refractivity contribution in [2.45, 2.75) is 39.8 Å². The zero-order valence-electron chi connectivity index (χ0n) is 11.2. The minimum Gasteiger partial charge on any atom is -0.396 e. The summed E-state index contributed by atoms with van der Waals surface area (Å²) < 4.78 is 2.85. The van der Waals surface area contributed by atoms with Gasteiger partial charge in [-0.2, -0.15) is 0 Å². The Labute approximate surface area is 117 Å². The van der Waals surface area contributed by atoms with Crippen LogP contribution in [0.5, 0.6) is 0 Å². The minimum atomic E-state index is 0.0194. The van der Waals surface area contributed by atoms with Crippen molar-refractivity contribution in [3.8, 4) is 0 Å². The minimum absolute atomic E-state index is 0.0194. The lowest BCUT2D eigenvalue weighted by Crippen LogP contribution is -2.39. The van der Waals surface area contributed by atoms with E-state index in [0.29, 0.717) is 18.7 Å². The van der Waals surface area contributed by atoms with Crippen LogP contribution >= 0.6 is 15.9 Å². The van der Waals surface area contributed by atoms with Crippen LogP contribution in [0, 0.1) is 0 Å². The maximum atomic E-state index is 12.5. The largest absolute Gasteiger partial charge is 0.396 e. The summed E-state index contributed by atoms with van der Waals surface area (Å²) >= 11 is 3.40. The maximum Gasteiger partial charge on any atom is 0.270 e. The van der Waals surface area contributed by atoms with Gasteiger partial charge < -0.3 is 14.6 Å². The highest BCUT2D eigenvalue weighted by molar-refractivity contribution is 9.10. The van der Waals surface area contributed by atoms with Gasteiger partial charge in [-0.15, -0.1) is 0 Å². The Hall–Kier alpha value is -0.810. The number of aryl methyl sites for hydroxylation is 1. The molecule has 5 heteroatoms.